The first kappa shape index (κ1) is 23.7. The standard InChI is InChI=1S/C19H34N4O3.ClH/c1-19(2,3)18(26)23-11-5-7-15(13-23)17(25)22-10-4-6-14(12-22)16(24)21-9-8-20;/h14-15H,4-13,20H2,1-3H3,(H,21,24);1H. The van der Waals surface area contributed by atoms with E-state index in [4.69, 9.17) is 5.73 Å². The number of piperidine rings is 2. The van der Waals surface area contributed by atoms with E-state index >= 15 is 0 Å². The van der Waals surface area contributed by atoms with Gasteiger partial charge in [-0.25, -0.2) is 0 Å². The van der Waals surface area contributed by atoms with Gasteiger partial charge in [-0.15, -0.1) is 12.4 Å². The van der Waals surface area contributed by atoms with Gasteiger partial charge in [0, 0.05) is 44.7 Å². The molecule has 156 valence electrons. The van der Waals surface area contributed by atoms with Gasteiger partial charge in [0.05, 0.1) is 11.8 Å². The summed E-state index contributed by atoms with van der Waals surface area (Å²) in [5.74, 6) is -0.127. The van der Waals surface area contributed by atoms with Crippen LogP contribution >= 0.6 is 12.4 Å². The van der Waals surface area contributed by atoms with Crippen LogP contribution in [0.3, 0.4) is 0 Å². The smallest absolute Gasteiger partial charge is 0.227 e. The number of carbonyl (C=O) groups excluding carboxylic acids is 3. The molecular weight excluding hydrogens is 368 g/mol. The molecule has 0 aromatic heterocycles. The van der Waals surface area contributed by atoms with Crippen LogP contribution in [0.2, 0.25) is 0 Å². The molecule has 2 heterocycles. The Hall–Kier alpha value is -1.34. The summed E-state index contributed by atoms with van der Waals surface area (Å²) in [7, 11) is 0. The zero-order valence-electron chi connectivity index (χ0n) is 16.8. The van der Waals surface area contributed by atoms with Gasteiger partial charge in [-0.3, -0.25) is 14.4 Å². The van der Waals surface area contributed by atoms with Gasteiger partial charge in [-0.2, -0.15) is 0 Å². The molecule has 2 fully saturated rings. The molecule has 2 saturated heterocycles. The summed E-state index contributed by atoms with van der Waals surface area (Å²) in [6, 6.07) is 0. The summed E-state index contributed by atoms with van der Waals surface area (Å²) in [5.41, 5.74) is 5.01. The van der Waals surface area contributed by atoms with E-state index in [1.165, 1.54) is 0 Å². The van der Waals surface area contributed by atoms with Crippen LogP contribution in [0.15, 0.2) is 0 Å². The molecule has 3 amide bonds. The van der Waals surface area contributed by atoms with E-state index in [2.05, 4.69) is 5.32 Å². The number of amides is 3. The molecule has 0 spiro atoms. The predicted molar refractivity (Wildman–Crippen MR) is 107 cm³/mol. The molecule has 3 N–H and O–H groups in total. The fourth-order valence-electron chi connectivity index (χ4n) is 3.83. The number of likely N-dealkylation sites (tertiary alicyclic amines) is 2. The first-order chi connectivity index (χ1) is 12.2. The monoisotopic (exact) mass is 402 g/mol. The van der Waals surface area contributed by atoms with Crippen LogP contribution in [0.25, 0.3) is 0 Å². The highest BCUT2D eigenvalue weighted by atomic mass is 35.5. The maximum Gasteiger partial charge on any atom is 0.227 e. The quantitative estimate of drug-likeness (QED) is 0.733. The lowest BCUT2D eigenvalue weighted by atomic mass is 9.89. The van der Waals surface area contributed by atoms with E-state index < -0.39 is 5.41 Å². The van der Waals surface area contributed by atoms with Gasteiger partial charge >= 0.3 is 0 Å². The molecule has 0 bridgehead atoms. The van der Waals surface area contributed by atoms with Crippen molar-refractivity contribution in [2.24, 2.45) is 23.0 Å². The summed E-state index contributed by atoms with van der Waals surface area (Å²) in [6.45, 7) is 9.01. The molecule has 0 aromatic rings. The molecule has 0 aliphatic carbocycles. The van der Waals surface area contributed by atoms with Crippen LogP contribution in [0, 0.1) is 17.3 Å². The highest BCUT2D eigenvalue weighted by Gasteiger charge is 2.36. The van der Waals surface area contributed by atoms with E-state index in [1.54, 1.807) is 0 Å². The summed E-state index contributed by atoms with van der Waals surface area (Å²) in [4.78, 5) is 41.4. The molecule has 2 atom stereocenters. The third-order valence-electron chi connectivity index (χ3n) is 5.25. The fraction of sp³-hybridized carbons (Fsp3) is 0.842. The summed E-state index contributed by atoms with van der Waals surface area (Å²) >= 11 is 0. The summed E-state index contributed by atoms with van der Waals surface area (Å²) in [5, 5.41) is 2.82. The predicted octanol–water partition coefficient (Wildman–Crippen LogP) is 1.01. The van der Waals surface area contributed by atoms with Gasteiger partial charge < -0.3 is 20.9 Å². The second-order valence-corrected chi connectivity index (χ2v) is 8.54. The van der Waals surface area contributed by atoms with Crippen LogP contribution in [0.1, 0.15) is 46.5 Å². The average Bonchev–Trinajstić information content (AvgIpc) is 2.64. The Morgan fingerprint density at radius 1 is 1.00 bits per heavy atom. The molecule has 2 rings (SSSR count). The summed E-state index contributed by atoms with van der Waals surface area (Å²) < 4.78 is 0. The normalized spacial score (nSPS) is 23.4. The molecule has 0 aromatic carbocycles. The Labute approximate surface area is 168 Å². The van der Waals surface area contributed by atoms with Crippen LogP contribution in [-0.4, -0.2) is 66.8 Å². The van der Waals surface area contributed by atoms with Crippen molar-refractivity contribution in [2.45, 2.75) is 46.5 Å². The number of nitrogens with one attached hydrogen (secondary N) is 1. The third kappa shape index (κ3) is 6.35. The average molecular weight is 403 g/mol. The molecule has 2 aliphatic rings. The van der Waals surface area contributed by atoms with E-state index in [9.17, 15) is 14.4 Å². The van der Waals surface area contributed by atoms with Crippen LogP contribution in [0.5, 0.6) is 0 Å². The second kappa shape index (κ2) is 10.3. The minimum Gasteiger partial charge on any atom is -0.355 e. The van der Waals surface area contributed by atoms with E-state index in [0.29, 0.717) is 32.7 Å². The molecular formula is C19H35ClN4O3. The Bertz CT molecular complexity index is 536. The number of nitrogens with two attached hydrogens (primary N) is 1. The Morgan fingerprint density at radius 3 is 2.15 bits per heavy atom. The molecule has 0 radical (unpaired) electrons. The number of rotatable bonds is 4. The zero-order valence-corrected chi connectivity index (χ0v) is 17.6. The number of halogens is 1. The van der Waals surface area contributed by atoms with E-state index in [0.717, 1.165) is 32.2 Å². The lowest BCUT2D eigenvalue weighted by Gasteiger charge is -2.39. The first-order valence-electron chi connectivity index (χ1n) is 9.80. The lowest BCUT2D eigenvalue weighted by Crippen LogP contribution is -2.52. The first-order valence-corrected chi connectivity index (χ1v) is 9.80. The Morgan fingerprint density at radius 2 is 1.56 bits per heavy atom. The van der Waals surface area contributed by atoms with Crippen molar-refractivity contribution in [1.29, 1.82) is 0 Å². The molecule has 0 saturated carbocycles. The molecule has 27 heavy (non-hydrogen) atoms. The van der Waals surface area contributed by atoms with E-state index in [1.807, 2.05) is 30.6 Å². The van der Waals surface area contributed by atoms with Gasteiger partial charge in [0.2, 0.25) is 17.7 Å². The SMILES string of the molecule is CC(C)(C)C(=O)N1CCCC(C(=O)N2CCCC(C(=O)NCCN)C2)C1.Cl. The van der Waals surface area contributed by atoms with Crippen molar-refractivity contribution in [3.8, 4) is 0 Å². The molecule has 8 heteroatoms. The molecule has 7 nitrogen and oxygen atoms in total. The molecule has 2 aliphatic heterocycles. The summed E-state index contributed by atoms with van der Waals surface area (Å²) in [6.07, 6.45) is 3.31. The lowest BCUT2D eigenvalue weighted by molar-refractivity contribution is -0.146. The van der Waals surface area contributed by atoms with Crippen molar-refractivity contribution in [2.75, 3.05) is 39.3 Å². The van der Waals surface area contributed by atoms with Crippen molar-refractivity contribution < 1.29 is 14.4 Å². The number of carbonyl (C=O) groups is 3. The van der Waals surface area contributed by atoms with Gasteiger partial charge in [-0.1, -0.05) is 20.8 Å². The van der Waals surface area contributed by atoms with E-state index in [-0.39, 0.29) is 42.0 Å². The van der Waals surface area contributed by atoms with Crippen LogP contribution < -0.4 is 11.1 Å². The zero-order chi connectivity index (χ0) is 19.3. The Balaban J connectivity index is 0.00000364. The van der Waals surface area contributed by atoms with Crippen molar-refractivity contribution in [3.63, 3.8) is 0 Å². The van der Waals surface area contributed by atoms with Gasteiger partial charge in [0.15, 0.2) is 0 Å². The minimum atomic E-state index is -0.428. The number of hydrogen-bond acceptors (Lipinski definition) is 4. The second-order valence-electron chi connectivity index (χ2n) is 8.54. The van der Waals surface area contributed by atoms with Gasteiger partial charge in [0.1, 0.15) is 0 Å². The maximum atomic E-state index is 13.0. The fourth-order valence-corrected chi connectivity index (χ4v) is 3.83. The topological polar surface area (TPSA) is 95.7 Å². The van der Waals surface area contributed by atoms with Crippen LogP contribution in [-0.2, 0) is 14.4 Å². The van der Waals surface area contributed by atoms with Crippen LogP contribution in [0.4, 0.5) is 0 Å². The largest absolute Gasteiger partial charge is 0.355 e. The highest BCUT2D eigenvalue weighted by Crippen LogP contribution is 2.26. The van der Waals surface area contributed by atoms with Gasteiger partial charge in [-0.05, 0) is 25.7 Å². The van der Waals surface area contributed by atoms with Crippen molar-refractivity contribution in [3.05, 3.63) is 0 Å². The molecule has 2 unspecified atom stereocenters. The van der Waals surface area contributed by atoms with Gasteiger partial charge in [0.25, 0.3) is 0 Å². The highest BCUT2D eigenvalue weighted by molar-refractivity contribution is 5.85. The van der Waals surface area contributed by atoms with Crippen molar-refractivity contribution >= 4 is 30.1 Å². The Kier molecular flexibility index (Phi) is 9.02. The number of nitrogens with zero attached hydrogens (tertiary/aromatic N) is 2. The minimum absolute atomic E-state index is 0. The van der Waals surface area contributed by atoms with Crippen molar-refractivity contribution in [1.82, 2.24) is 15.1 Å². The maximum absolute atomic E-state index is 13.0. The number of hydrogen-bond donors (Lipinski definition) is 2. The third-order valence-corrected chi connectivity index (χ3v) is 5.25.